The third kappa shape index (κ3) is 4.96. The fourth-order valence-electron chi connectivity index (χ4n) is 2.65. The number of aliphatic imine (C=N–C) groups is 1. The van der Waals surface area contributed by atoms with Gasteiger partial charge in [0.15, 0.2) is 5.96 Å². The van der Waals surface area contributed by atoms with Crippen LogP contribution in [0.4, 0.5) is 0 Å². The molecule has 2 unspecified atom stereocenters. The van der Waals surface area contributed by atoms with Gasteiger partial charge in [0.1, 0.15) is 0 Å². The summed E-state index contributed by atoms with van der Waals surface area (Å²) in [4.78, 5) is 4.66. The van der Waals surface area contributed by atoms with E-state index in [1.54, 1.807) is 0 Å². The van der Waals surface area contributed by atoms with Gasteiger partial charge >= 0.3 is 0 Å². The Morgan fingerprint density at radius 1 is 1.36 bits per heavy atom. The number of nitriles is 1. The zero-order valence-corrected chi connectivity index (χ0v) is 14.1. The van der Waals surface area contributed by atoms with Gasteiger partial charge in [-0.25, -0.2) is 4.99 Å². The number of benzene rings is 1. The number of hydrogen-bond donors (Lipinski definition) is 2. The molecule has 0 spiro atoms. The van der Waals surface area contributed by atoms with Crippen LogP contribution in [0.1, 0.15) is 37.3 Å². The Bertz CT molecular complexity index is 533. The molecule has 1 aromatic carbocycles. The summed E-state index contributed by atoms with van der Waals surface area (Å²) in [5.41, 5.74) is 1.80. The van der Waals surface area contributed by atoms with Gasteiger partial charge in [-0.05, 0) is 50.1 Å². The van der Waals surface area contributed by atoms with Crippen LogP contribution in [0.3, 0.4) is 0 Å². The van der Waals surface area contributed by atoms with Crippen LogP contribution in [-0.2, 0) is 6.54 Å². The van der Waals surface area contributed by atoms with Crippen molar-refractivity contribution < 1.29 is 0 Å². The quantitative estimate of drug-likeness (QED) is 0.648. The second-order valence-corrected chi connectivity index (χ2v) is 6.65. The topological polar surface area (TPSA) is 60.2 Å². The monoisotopic (exact) mass is 316 g/mol. The summed E-state index contributed by atoms with van der Waals surface area (Å²) in [6.07, 6.45) is 5.90. The summed E-state index contributed by atoms with van der Waals surface area (Å²) in [5.74, 6) is 0.888. The first kappa shape index (κ1) is 16.7. The van der Waals surface area contributed by atoms with Crippen molar-refractivity contribution in [1.82, 2.24) is 10.6 Å². The van der Waals surface area contributed by atoms with Crippen molar-refractivity contribution >= 4 is 17.7 Å². The van der Waals surface area contributed by atoms with Gasteiger partial charge in [-0.2, -0.15) is 17.0 Å². The van der Waals surface area contributed by atoms with Crippen molar-refractivity contribution in [2.24, 2.45) is 4.99 Å². The maximum absolute atomic E-state index is 8.82. The molecule has 0 radical (unpaired) electrons. The van der Waals surface area contributed by atoms with Crippen molar-refractivity contribution in [3.05, 3.63) is 35.4 Å². The van der Waals surface area contributed by atoms with E-state index >= 15 is 0 Å². The molecule has 1 saturated carbocycles. The Labute approximate surface area is 137 Å². The van der Waals surface area contributed by atoms with E-state index in [-0.39, 0.29) is 0 Å². The normalized spacial score (nSPS) is 21.4. The Balaban J connectivity index is 1.93. The van der Waals surface area contributed by atoms with Crippen LogP contribution in [0.15, 0.2) is 29.3 Å². The first-order chi connectivity index (χ1) is 10.7. The molecule has 1 fully saturated rings. The number of thioether (sulfide) groups is 1. The van der Waals surface area contributed by atoms with Crippen LogP contribution in [0.2, 0.25) is 0 Å². The van der Waals surface area contributed by atoms with E-state index in [4.69, 9.17) is 5.26 Å². The lowest BCUT2D eigenvalue weighted by atomic mass is 10.1. The van der Waals surface area contributed by atoms with Gasteiger partial charge in [0, 0.05) is 17.8 Å². The Kier molecular flexibility index (Phi) is 6.60. The molecule has 118 valence electrons. The predicted molar refractivity (Wildman–Crippen MR) is 94.1 cm³/mol. The lowest BCUT2D eigenvalue weighted by Crippen LogP contribution is -2.42. The molecule has 0 heterocycles. The van der Waals surface area contributed by atoms with Crippen molar-refractivity contribution in [3.8, 4) is 6.07 Å². The standard InChI is InChI=1S/C17H24N4S/c1-3-19-17(21-15-8-9-16(10-15)22-2)20-12-14-6-4-13(11-18)5-7-14/h4-7,15-16H,3,8-10,12H2,1-2H3,(H2,19,20,21). The lowest BCUT2D eigenvalue weighted by molar-refractivity contribution is 0.615. The molecule has 0 aromatic heterocycles. The average molecular weight is 316 g/mol. The van der Waals surface area contributed by atoms with Crippen LogP contribution in [-0.4, -0.2) is 30.1 Å². The molecular weight excluding hydrogens is 292 g/mol. The second kappa shape index (κ2) is 8.70. The van der Waals surface area contributed by atoms with Gasteiger partial charge in [0.2, 0.25) is 0 Å². The van der Waals surface area contributed by atoms with E-state index in [9.17, 15) is 0 Å². The van der Waals surface area contributed by atoms with Crippen molar-refractivity contribution in [2.75, 3.05) is 12.8 Å². The van der Waals surface area contributed by atoms with Crippen LogP contribution in [0.25, 0.3) is 0 Å². The van der Waals surface area contributed by atoms with Gasteiger partial charge < -0.3 is 10.6 Å². The molecule has 2 N–H and O–H groups in total. The van der Waals surface area contributed by atoms with Crippen LogP contribution >= 0.6 is 11.8 Å². The summed E-state index contributed by atoms with van der Waals surface area (Å²) in [6.45, 7) is 3.57. The number of nitrogens with zero attached hydrogens (tertiary/aromatic N) is 2. The lowest BCUT2D eigenvalue weighted by Gasteiger charge is -2.17. The Morgan fingerprint density at radius 3 is 2.73 bits per heavy atom. The number of hydrogen-bond acceptors (Lipinski definition) is 3. The van der Waals surface area contributed by atoms with E-state index in [2.05, 4.69) is 34.9 Å². The Morgan fingerprint density at radius 2 is 2.14 bits per heavy atom. The fourth-order valence-corrected chi connectivity index (χ4v) is 3.45. The van der Waals surface area contributed by atoms with Gasteiger partial charge in [-0.3, -0.25) is 0 Å². The largest absolute Gasteiger partial charge is 0.357 e. The van der Waals surface area contributed by atoms with Crippen LogP contribution < -0.4 is 10.6 Å². The molecule has 2 rings (SSSR count). The summed E-state index contributed by atoms with van der Waals surface area (Å²) in [5, 5.41) is 16.5. The first-order valence-electron chi connectivity index (χ1n) is 7.81. The summed E-state index contributed by atoms with van der Waals surface area (Å²) >= 11 is 1.96. The molecule has 5 heteroatoms. The maximum Gasteiger partial charge on any atom is 0.191 e. The minimum atomic E-state index is 0.524. The maximum atomic E-state index is 8.82. The molecule has 1 aliphatic rings. The minimum Gasteiger partial charge on any atom is -0.357 e. The molecule has 2 atom stereocenters. The first-order valence-corrected chi connectivity index (χ1v) is 9.10. The molecule has 0 aliphatic heterocycles. The molecule has 0 amide bonds. The van der Waals surface area contributed by atoms with E-state index in [0.29, 0.717) is 18.2 Å². The molecule has 4 nitrogen and oxygen atoms in total. The predicted octanol–water partition coefficient (Wildman–Crippen LogP) is 2.90. The molecule has 0 bridgehead atoms. The van der Waals surface area contributed by atoms with Crippen molar-refractivity contribution in [2.45, 2.75) is 44.0 Å². The third-order valence-corrected chi connectivity index (χ3v) is 5.00. The highest BCUT2D eigenvalue weighted by Gasteiger charge is 2.24. The molecule has 0 saturated heterocycles. The van der Waals surface area contributed by atoms with E-state index in [0.717, 1.165) is 23.3 Å². The minimum absolute atomic E-state index is 0.524. The SMILES string of the molecule is CCNC(=NCc1ccc(C#N)cc1)NC1CCC(SC)C1. The van der Waals surface area contributed by atoms with Crippen molar-refractivity contribution in [3.63, 3.8) is 0 Å². The number of nitrogens with one attached hydrogen (secondary N) is 2. The molecule has 1 aromatic rings. The second-order valence-electron chi connectivity index (χ2n) is 5.52. The summed E-state index contributed by atoms with van der Waals surface area (Å²) in [7, 11) is 0. The van der Waals surface area contributed by atoms with E-state index < -0.39 is 0 Å². The van der Waals surface area contributed by atoms with Gasteiger partial charge in [0.05, 0.1) is 18.2 Å². The fraction of sp³-hybridized carbons (Fsp3) is 0.529. The van der Waals surface area contributed by atoms with E-state index in [1.165, 1.54) is 19.3 Å². The zero-order chi connectivity index (χ0) is 15.8. The highest BCUT2D eigenvalue weighted by Crippen LogP contribution is 2.28. The van der Waals surface area contributed by atoms with E-state index in [1.807, 2.05) is 36.0 Å². The van der Waals surface area contributed by atoms with Crippen molar-refractivity contribution in [1.29, 1.82) is 5.26 Å². The smallest absolute Gasteiger partial charge is 0.191 e. The number of rotatable bonds is 5. The zero-order valence-electron chi connectivity index (χ0n) is 13.3. The highest BCUT2D eigenvalue weighted by atomic mass is 32.2. The molecular formula is C17H24N4S. The highest BCUT2D eigenvalue weighted by molar-refractivity contribution is 7.99. The van der Waals surface area contributed by atoms with Gasteiger partial charge in [0.25, 0.3) is 0 Å². The summed E-state index contributed by atoms with van der Waals surface area (Å²) in [6, 6.07) is 10.3. The molecule has 1 aliphatic carbocycles. The average Bonchev–Trinajstić information content (AvgIpc) is 3.01. The van der Waals surface area contributed by atoms with Crippen LogP contribution in [0.5, 0.6) is 0 Å². The summed E-state index contributed by atoms with van der Waals surface area (Å²) < 4.78 is 0. The third-order valence-electron chi connectivity index (χ3n) is 3.91. The number of guanidine groups is 1. The van der Waals surface area contributed by atoms with Gasteiger partial charge in [-0.1, -0.05) is 12.1 Å². The van der Waals surface area contributed by atoms with Crippen LogP contribution in [0, 0.1) is 11.3 Å². The van der Waals surface area contributed by atoms with Gasteiger partial charge in [-0.15, -0.1) is 0 Å². The molecule has 22 heavy (non-hydrogen) atoms. The Hall–Kier alpha value is -1.67.